The lowest BCUT2D eigenvalue weighted by molar-refractivity contribution is -0.137. The summed E-state index contributed by atoms with van der Waals surface area (Å²) >= 11 is 0. The van der Waals surface area contributed by atoms with E-state index in [1.54, 1.807) is 0 Å². The van der Waals surface area contributed by atoms with Crippen molar-refractivity contribution in [1.29, 1.82) is 0 Å². The van der Waals surface area contributed by atoms with Gasteiger partial charge in [-0.15, -0.1) is 0 Å². The van der Waals surface area contributed by atoms with E-state index in [2.05, 4.69) is 30.7 Å². The Bertz CT molecular complexity index is 309. The molecule has 0 aromatic carbocycles. The van der Waals surface area contributed by atoms with Crippen molar-refractivity contribution in [3.63, 3.8) is 0 Å². The Kier molecular flexibility index (Phi) is 5.85. The first-order valence-corrected chi connectivity index (χ1v) is 8.37. The summed E-state index contributed by atoms with van der Waals surface area (Å²) in [5.41, 5.74) is 0. The molecule has 4 nitrogen and oxygen atoms in total. The minimum absolute atomic E-state index is 0.239. The van der Waals surface area contributed by atoms with Crippen molar-refractivity contribution in [2.45, 2.75) is 45.6 Å². The van der Waals surface area contributed by atoms with Gasteiger partial charge in [0.25, 0.3) is 0 Å². The number of likely N-dealkylation sites (tertiary alicyclic amines) is 2. The molecule has 0 saturated carbocycles. The molecule has 2 rings (SSSR count). The van der Waals surface area contributed by atoms with E-state index >= 15 is 0 Å². The van der Waals surface area contributed by atoms with Crippen LogP contribution >= 0.6 is 0 Å². The molecule has 0 aromatic rings. The molecule has 20 heavy (non-hydrogen) atoms. The average molecular weight is 281 g/mol. The minimum Gasteiger partial charge on any atom is -0.343 e. The third-order valence-electron chi connectivity index (χ3n) is 5.08. The number of nitrogens with zero attached hydrogens (tertiary/aromatic N) is 3. The average Bonchev–Trinajstić information content (AvgIpc) is 2.49. The zero-order valence-electron chi connectivity index (χ0n) is 13.5. The van der Waals surface area contributed by atoms with Crippen molar-refractivity contribution in [2.24, 2.45) is 5.92 Å². The number of hydrogen-bond donors (Lipinski definition) is 0. The molecule has 2 saturated heterocycles. The first kappa shape index (κ1) is 15.8. The van der Waals surface area contributed by atoms with Crippen LogP contribution in [0.4, 0.5) is 0 Å². The van der Waals surface area contributed by atoms with E-state index in [4.69, 9.17) is 0 Å². The molecule has 2 fully saturated rings. The number of hydrogen-bond acceptors (Lipinski definition) is 3. The number of rotatable bonds is 4. The van der Waals surface area contributed by atoms with E-state index in [1.807, 2.05) is 4.90 Å². The molecule has 0 radical (unpaired) electrons. The highest BCUT2D eigenvalue weighted by Crippen LogP contribution is 2.24. The molecule has 116 valence electrons. The van der Waals surface area contributed by atoms with Gasteiger partial charge in [-0.1, -0.05) is 0 Å². The Labute approximate surface area is 124 Å². The number of amides is 1. The van der Waals surface area contributed by atoms with E-state index in [0.717, 1.165) is 26.1 Å². The fourth-order valence-corrected chi connectivity index (χ4v) is 3.69. The molecule has 0 aliphatic carbocycles. The quantitative estimate of drug-likeness (QED) is 0.784. The summed E-state index contributed by atoms with van der Waals surface area (Å²) in [7, 11) is 2.21. The van der Waals surface area contributed by atoms with E-state index in [0.29, 0.717) is 11.9 Å². The van der Waals surface area contributed by atoms with Gasteiger partial charge in [-0.25, -0.2) is 0 Å². The summed E-state index contributed by atoms with van der Waals surface area (Å²) in [6.07, 6.45) is 4.80. The van der Waals surface area contributed by atoms with Crippen LogP contribution in [0.25, 0.3) is 0 Å². The van der Waals surface area contributed by atoms with Gasteiger partial charge in [0.2, 0.25) is 5.91 Å². The van der Waals surface area contributed by atoms with E-state index < -0.39 is 0 Å². The predicted molar refractivity (Wildman–Crippen MR) is 82.7 cm³/mol. The van der Waals surface area contributed by atoms with E-state index in [1.165, 1.54) is 38.9 Å². The van der Waals surface area contributed by atoms with Crippen LogP contribution in [0.15, 0.2) is 0 Å². The molecule has 0 N–H and O–H groups in total. The van der Waals surface area contributed by atoms with Crippen LogP contribution in [0.5, 0.6) is 0 Å². The molecule has 1 atom stereocenters. The van der Waals surface area contributed by atoms with Gasteiger partial charge in [-0.2, -0.15) is 0 Å². The lowest BCUT2D eigenvalue weighted by atomic mass is 9.93. The molecule has 0 bridgehead atoms. The molecule has 2 aliphatic rings. The van der Waals surface area contributed by atoms with E-state index in [-0.39, 0.29) is 5.92 Å². The second-order valence-corrected chi connectivity index (χ2v) is 6.38. The third kappa shape index (κ3) is 3.73. The van der Waals surface area contributed by atoms with Gasteiger partial charge in [-0.05, 0) is 66.2 Å². The summed E-state index contributed by atoms with van der Waals surface area (Å²) in [6, 6.07) is 0.707. The summed E-state index contributed by atoms with van der Waals surface area (Å²) in [5.74, 6) is 0.621. The van der Waals surface area contributed by atoms with Gasteiger partial charge in [0, 0.05) is 25.7 Å². The zero-order chi connectivity index (χ0) is 14.5. The Morgan fingerprint density at radius 1 is 1.10 bits per heavy atom. The van der Waals surface area contributed by atoms with Crippen molar-refractivity contribution in [3.05, 3.63) is 0 Å². The fourth-order valence-electron chi connectivity index (χ4n) is 3.69. The van der Waals surface area contributed by atoms with Gasteiger partial charge in [0.15, 0.2) is 0 Å². The first-order valence-electron chi connectivity index (χ1n) is 8.37. The summed E-state index contributed by atoms with van der Waals surface area (Å²) in [5, 5.41) is 0. The normalized spacial score (nSPS) is 26.6. The molecule has 2 aliphatic heterocycles. The second-order valence-electron chi connectivity index (χ2n) is 6.38. The standard InChI is InChI=1S/C16H31N3O/c1-4-18(5-2)16(20)14-7-6-10-19(13-14)15-8-11-17(3)12-9-15/h14-15H,4-13H2,1-3H3/t14-/m0/s1. The molecule has 1 amide bonds. The molecule has 2 heterocycles. The van der Waals surface area contributed by atoms with Gasteiger partial charge in [0.1, 0.15) is 0 Å². The molecular weight excluding hydrogens is 250 g/mol. The summed E-state index contributed by atoms with van der Waals surface area (Å²) in [4.78, 5) is 19.6. The monoisotopic (exact) mass is 281 g/mol. The van der Waals surface area contributed by atoms with Crippen molar-refractivity contribution in [3.8, 4) is 0 Å². The van der Waals surface area contributed by atoms with Crippen molar-refractivity contribution in [1.82, 2.24) is 14.7 Å². The van der Waals surface area contributed by atoms with Gasteiger partial charge in [-0.3, -0.25) is 9.69 Å². The van der Waals surface area contributed by atoms with Crippen LogP contribution in [0.2, 0.25) is 0 Å². The lowest BCUT2D eigenvalue weighted by Gasteiger charge is -2.42. The minimum atomic E-state index is 0.239. The van der Waals surface area contributed by atoms with Crippen LogP contribution in [0.1, 0.15) is 39.5 Å². The van der Waals surface area contributed by atoms with Crippen LogP contribution in [-0.2, 0) is 4.79 Å². The van der Waals surface area contributed by atoms with Crippen molar-refractivity contribution in [2.75, 3.05) is 46.3 Å². The maximum atomic E-state index is 12.5. The Morgan fingerprint density at radius 2 is 1.75 bits per heavy atom. The fraction of sp³-hybridized carbons (Fsp3) is 0.938. The van der Waals surface area contributed by atoms with Crippen LogP contribution < -0.4 is 0 Å². The highest BCUT2D eigenvalue weighted by molar-refractivity contribution is 5.79. The maximum Gasteiger partial charge on any atom is 0.226 e. The Hall–Kier alpha value is -0.610. The van der Waals surface area contributed by atoms with Crippen molar-refractivity contribution >= 4 is 5.91 Å². The second kappa shape index (κ2) is 7.41. The molecule has 0 aromatic heterocycles. The highest BCUT2D eigenvalue weighted by atomic mass is 16.2. The van der Waals surface area contributed by atoms with Crippen LogP contribution in [0.3, 0.4) is 0 Å². The molecular formula is C16H31N3O. The lowest BCUT2D eigenvalue weighted by Crippen LogP contribution is -2.50. The zero-order valence-corrected chi connectivity index (χ0v) is 13.5. The highest BCUT2D eigenvalue weighted by Gasteiger charge is 2.32. The number of carbonyl (C=O) groups excluding carboxylic acids is 1. The number of carbonyl (C=O) groups is 1. The summed E-state index contributed by atoms with van der Waals surface area (Å²) < 4.78 is 0. The smallest absolute Gasteiger partial charge is 0.226 e. The Balaban J connectivity index is 1.89. The third-order valence-corrected chi connectivity index (χ3v) is 5.08. The maximum absolute atomic E-state index is 12.5. The van der Waals surface area contributed by atoms with Crippen LogP contribution in [-0.4, -0.2) is 73.0 Å². The molecule has 0 unspecified atom stereocenters. The molecule has 4 heteroatoms. The number of piperidine rings is 2. The van der Waals surface area contributed by atoms with E-state index in [9.17, 15) is 4.79 Å². The topological polar surface area (TPSA) is 26.8 Å². The van der Waals surface area contributed by atoms with Gasteiger partial charge in [0.05, 0.1) is 5.92 Å². The van der Waals surface area contributed by atoms with Gasteiger partial charge < -0.3 is 9.80 Å². The SMILES string of the molecule is CCN(CC)C(=O)[C@H]1CCCN(C2CCN(C)CC2)C1. The van der Waals surface area contributed by atoms with Crippen molar-refractivity contribution < 1.29 is 4.79 Å². The predicted octanol–water partition coefficient (Wildman–Crippen LogP) is 1.66. The largest absolute Gasteiger partial charge is 0.343 e. The Morgan fingerprint density at radius 3 is 2.35 bits per heavy atom. The first-order chi connectivity index (χ1) is 9.65. The van der Waals surface area contributed by atoms with Crippen LogP contribution in [0, 0.1) is 5.92 Å². The molecule has 0 spiro atoms. The summed E-state index contributed by atoms with van der Waals surface area (Å²) in [6.45, 7) is 10.4. The van der Waals surface area contributed by atoms with Gasteiger partial charge >= 0.3 is 0 Å².